The van der Waals surface area contributed by atoms with Crippen LogP contribution >= 0.6 is 0 Å². The van der Waals surface area contributed by atoms with E-state index >= 15 is 0 Å². The summed E-state index contributed by atoms with van der Waals surface area (Å²) in [4.78, 5) is 0. The molecule has 92 valence electrons. The summed E-state index contributed by atoms with van der Waals surface area (Å²) in [6.45, 7) is 1.03. The molecule has 3 rings (SSSR count). The summed E-state index contributed by atoms with van der Waals surface area (Å²) >= 11 is 0. The fourth-order valence-electron chi connectivity index (χ4n) is 2.67. The van der Waals surface area contributed by atoms with Crippen molar-refractivity contribution in [1.82, 2.24) is 0 Å². The molecule has 1 atom stereocenters. The summed E-state index contributed by atoms with van der Waals surface area (Å²) in [6.07, 6.45) is 1.13. The number of para-hydroxylation sites is 1. The van der Waals surface area contributed by atoms with Gasteiger partial charge in [0, 0.05) is 18.2 Å². The molecule has 2 nitrogen and oxygen atoms in total. The molecule has 0 aromatic heterocycles. The normalized spacial score (nSPS) is 17.7. The molecule has 1 heterocycles. The van der Waals surface area contributed by atoms with Crippen molar-refractivity contribution in [1.29, 1.82) is 0 Å². The Bertz CT molecular complexity index is 550. The summed E-state index contributed by atoms with van der Waals surface area (Å²) in [5.74, 6) is 1.40. The number of methoxy groups -OCH3 is 1. The van der Waals surface area contributed by atoms with Crippen LogP contribution in [0.25, 0.3) is 0 Å². The Balaban J connectivity index is 2.02. The molecular formula is C16H17NO. The minimum atomic E-state index is 0.470. The summed E-state index contributed by atoms with van der Waals surface area (Å²) in [5, 5.41) is 3.46. The number of nitrogens with one attached hydrogen (secondary N) is 1. The Labute approximate surface area is 108 Å². The zero-order valence-corrected chi connectivity index (χ0v) is 10.5. The van der Waals surface area contributed by atoms with Crippen molar-refractivity contribution < 1.29 is 4.74 Å². The van der Waals surface area contributed by atoms with Gasteiger partial charge >= 0.3 is 0 Å². The van der Waals surface area contributed by atoms with Crippen molar-refractivity contribution in [2.75, 3.05) is 19.0 Å². The number of hydrogen-bond acceptors (Lipinski definition) is 2. The molecule has 1 aliphatic rings. The van der Waals surface area contributed by atoms with Crippen LogP contribution in [0.5, 0.6) is 5.75 Å². The summed E-state index contributed by atoms with van der Waals surface area (Å²) in [7, 11) is 1.72. The second kappa shape index (κ2) is 4.73. The fourth-order valence-corrected chi connectivity index (χ4v) is 2.67. The SMILES string of the molecule is COc1cccc(C2CCNc3ccccc32)c1. The molecule has 0 radical (unpaired) electrons. The first kappa shape index (κ1) is 11.1. The molecule has 0 aliphatic carbocycles. The number of fused-ring (bicyclic) bond motifs is 1. The maximum Gasteiger partial charge on any atom is 0.119 e. The van der Waals surface area contributed by atoms with Gasteiger partial charge in [0.05, 0.1) is 7.11 Å². The van der Waals surface area contributed by atoms with Crippen LogP contribution in [0.3, 0.4) is 0 Å². The van der Waals surface area contributed by atoms with Gasteiger partial charge in [-0.3, -0.25) is 0 Å². The fraction of sp³-hybridized carbons (Fsp3) is 0.250. The highest BCUT2D eigenvalue weighted by atomic mass is 16.5. The average molecular weight is 239 g/mol. The average Bonchev–Trinajstić information content (AvgIpc) is 2.47. The van der Waals surface area contributed by atoms with Crippen molar-refractivity contribution in [2.45, 2.75) is 12.3 Å². The van der Waals surface area contributed by atoms with Crippen molar-refractivity contribution in [3.8, 4) is 5.75 Å². The lowest BCUT2D eigenvalue weighted by molar-refractivity contribution is 0.414. The maximum atomic E-state index is 5.32. The number of anilines is 1. The number of rotatable bonds is 2. The number of hydrogen-bond donors (Lipinski definition) is 1. The van der Waals surface area contributed by atoms with Gasteiger partial charge in [0.25, 0.3) is 0 Å². The van der Waals surface area contributed by atoms with Crippen LogP contribution in [0.4, 0.5) is 5.69 Å². The third-order valence-corrected chi connectivity index (χ3v) is 3.58. The predicted molar refractivity (Wildman–Crippen MR) is 74.4 cm³/mol. The van der Waals surface area contributed by atoms with Crippen molar-refractivity contribution in [3.63, 3.8) is 0 Å². The number of ether oxygens (including phenoxy) is 1. The van der Waals surface area contributed by atoms with Crippen LogP contribution in [0, 0.1) is 0 Å². The Morgan fingerprint density at radius 2 is 2.00 bits per heavy atom. The standard InChI is InChI=1S/C16H17NO/c1-18-13-6-4-5-12(11-13)14-9-10-17-16-8-3-2-7-15(14)16/h2-8,11,14,17H,9-10H2,1H3. The van der Waals surface area contributed by atoms with E-state index in [0.717, 1.165) is 18.7 Å². The van der Waals surface area contributed by atoms with E-state index in [9.17, 15) is 0 Å². The van der Waals surface area contributed by atoms with E-state index in [4.69, 9.17) is 4.74 Å². The lowest BCUT2D eigenvalue weighted by Crippen LogP contribution is -2.17. The highest BCUT2D eigenvalue weighted by molar-refractivity contribution is 5.57. The zero-order valence-electron chi connectivity index (χ0n) is 10.5. The zero-order chi connectivity index (χ0) is 12.4. The predicted octanol–water partition coefficient (Wildman–Crippen LogP) is 3.64. The molecule has 2 aromatic rings. The first-order chi connectivity index (χ1) is 8.88. The molecule has 0 spiro atoms. The second-order valence-corrected chi connectivity index (χ2v) is 4.63. The molecule has 2 aromatic carbocycles. The summed E-state index contributed by atoms with van der Waals surface area (Å²) < 4.78 is 5.32. The van der Waals surface area contributed by atoms with E-state index < -0.39 is 0 Å². The molecule has 0 saturated carbocycles. The van der Waals surface area contributed by atoms with E-state index in [1.807, 2.05) is 6.07 Å². The van der Waals surface area contributed by atoms with Crippen LogP contribution in [0.15, 0.2) is 48.5 Å². The molecule has 18 heavy (non-hydrogen) atoms. The molecule has 2 heteroatoms. The van der Waals surface area contributed by atoms with Crippen LogP contribution in [-0.4, -0.2) is 13.7 Å². The monoisotopic (exact) mass is 239 g/mol. The van der Waals surface area contributed by atoms with Gasteiger partial charge in [-0.25, -0.2) is 0 Å². The first-order valence-electron chi connectivity index (χ1n) is 6.35. The van der Waals surface area contributed by atoms with Gasteiger partial charge in [-0.1, -0.05) is 30.3 Å². The lowest BCUT2D eigenvalue weighted by Gasteiger charge is -2.27. The van der Waals surface area contributed by atoms with Crippen molar-refractivity contribution in [3.05, 3.63) is 59.7 Å². The molecule has 0 fully saturated rings. The maximum absolute atomic E-state index is 5.32. The van der Waals surface area contributed by atoms with Gasteiger partial charge in [-0.2, -0.15) is 0 Å². The summed E-state index contributed by atoms with van der Waals surface area (Å²) in [6, 6.07) is 17.0. The molecule has 1 N–H and O–H groups in total. The van der Waals surface area contributed by atoms with Crippen LogP contribution in [0.1, 0.15) is 23.5 Å². The van der Waals surface area contributed by atoms with Gasteiger partial charge < -0.3 is 10.1 Å². The molecule has 0 saturated heterocycles. The van der Waals surface area contributed by atoms with Gasteiger partial charge in [0.2, 0.25) is 0 Å². The van der Waals surface area contributed by atoms with Gasteiger partial charge in [-0.05, 0) is 35.7 Å². The highest BCUT2D eigenvalue weighted by Gasteiger charge is 2.21. The largest absolute Gasteiger partial charge is 0.497 e. The second-order valence-electron chi connectivity index (χ2n) is 4.63. The minimum Gasteiger partial charge on any atom is -0.497 e. The van der Waals surface area contributed by atoms with Crippen molar-refractivity contribution >= 4 is 5.69 Å². The van der Waals surface area contributed by atoms with E-state index in [-0.39, 0.29) is 0 Å². The Kier molecular flexibility index (Phi) is 2.93. The number of benzene rings is 2. The van der Waals surface area contributed by atoms with Crippen LogP contribution in [0.2, 0.25) is 0 Å². The van der Waals surface area contributed by atoms with Gasteiger partial charge in [0.1, 0.15) is 5.75 Å². The lowest BCUT2D eigenvalue weighted by atomic mass is 9.85. The van der Waals surface area contributed by atoms with Crippen LogP contribution in [-0.2, 0) is 0 Å². The highest BCUT2D eigenvalue weighted by Crippen LogP contribution is 2.37. The topological polar surface area (TPSA) is 21.3 Å². The van der Waals surface area contributed by atoms with Crippen LogP contribution < -0.4 is 10.1 Å². The Morgan fingerprint density at radius 1 is 1.11 bits per heavy atom. The Morgan fingerprint density at radius 3 is 2.89 bits per heavy atom. The molecular weight excluding hydrogens is 222 g/mol. The van der Waals surface area contributed by atoms with E-state index in [1.54, 1.807) is 7.11 Å². The van der Waals surface area contributed by atoms with E-state index in [0.29, 0.717) is 5.92 Å². The molecule has 1 unspecified atom stereocenters. The smallest absolute Gasteiger partial charge is 0.119 e. The molecule has 1 aliphatic heterocycles. The van der Waals surface area contributed by atoms with Crippen molar-refractivity contribution in [2.24, 2.45) is 0 Å². The molecule has 0 amide bonds. The van der Waals surface area contributed by atoms with E-state index in [1.165, 1.54) is 16.8 Å². The van der Waals surface area contributed by atoms with Gasteiger partial charge in [0.15, 0.2) is 0 Å². The Hall–Kier alpha value is -1.96. The summed E-state index contributed by atoms with van der Waals surface area (Å²) in [5.41, 5.74) is 3.98. The van der Waals surface area contributed by atoms with E-state index in [2.05, 4.69) is 47.8 Å². The third kappa shape index (κ3) is 1.94. The molecule has 0 bridgehead atoms. The minimum absolute atomic E-state index is 0.470. The quantitative estimate of drug-likeness (QED) is 0.863. The third-order valence-electron chi connectivity index (χ3n) is 3.58. The van der Waals surface area contributed by atoms with Gasteiger partial charge in [-0.15, -0.1) is 0 Å². The first-order valence-corrected chi connectivity index (χ1v) is 6.35.